The molecule has 0 saturated carbocycles. The fourth-order valence-electron chi connectivity index (χ4n) is 3.98. The molecule has 6 nitrogen and oxygen atoms in total. The van der Waals surface area contributed by atoms with Gasteiger partial charge >= 0.3 is 0 Å². The molecule has 33 heavy (non-hydrogen) atoms. The fourth-order valence-corrected chi connectivity index (χ4v) is 4.87. The molecule has 0 unspecified atom stereocenters. The summed E-state index contributed by atoms with van der Waals surface area (Å²) in [5.41, 5.74) is 4.89. The molecule has 2 aromatic carbocycles. The highest BCUT2D eigenvalue weighted by atomic mass is 32.2. The van der Waals surface area contributed by atoms with Crippen molar-refractivity contribution in [3.8, 4) is 5.69 Å². The monoisotopic (exact) mass is 457 g/mol. The van der Waals surface area contributed by atoms with E-state index in [2.05, 4.69) is 10.1 Å². The number of carbonyl (C=O) groups is 1. The van der Waals surface area contributed by atoms with E-state index in [1.807, 2.05) is 51.1 Å². The van der Waals surface area contributed by atoms with Crippen LogP contribution in [0.3, 0.4) is 0 Å². The normalized spacial score (nSPS) is 16.8. The number of aryl methyl sites for hydroxylation is 2. The number of hydrogen-bond acceptors (Lipinski definition) is 4. The molecule has 8 heteroatoms. The number of aromatic nitrogens is 1. The molecular weight excluding hydrogens is 437 g/mol. The van der Waals surface area contributed by atoms with Gasteiger partial charge in [-0.25, -0.2) is 4.39 Å². The number of fused-ring (bicyclic) bond motifs is 1. The van der Waals surface area contributed by atoms with Gasteiger partial charge in [-0.05, 0) is 68.4 Å². The van der Waals surface area contributed by atoms with E-state index in [0.29, 0.717) is 15.9 Å². The molecular formula is C25H20FN5OS. The Morgan fingerprint density at radius 1 is 1.06 bits per heavy atom. The van der Waals surface area contributed by atoms with Crippen LogP contribution in [-0.4, -0.2) is 31.5 Å². The lowest BCUT2D eigenvalue weighted by atomic mass is 10.1. The largest absolute Gasteiger partial charge is 0.315 e. The van der Waals surface area contributed by atoms with Crippen molar-refractivity contribution in [3.05, 3.63) is 94.1 Å². The van der Waals surface area contributed by atoms with Gasteiger partial charge in [-0.2, -0.15) is 15.1 Å². The number of halogens is 1. The zero-order valence-electron chi connectivity index (χ0n) is 18.3. The summed E-state index contributed by atoms with van der Waals surface area (Å²) in [6.45, 7) is 5.73. The molecule has 0 atom stereocenters. The minimum Gasteiger partial charge on any atom is -0.315 e. The molecule has 1 amide bonds. The Balaban J connectivity index is 1.53. The molecule has 2 aliphatic rings. The molecule has 3 aromatic rings. The first-order valence-electron chi connectivity index (χ1n) is 10.3. The molecule has 1 aromatic heterocycles. The molecule has 2 aliphatic heterocycles. The lowest BCUT2D eigenvalue weighted by molar-refractivity contribution is -0.114. The molecule has 0 spiro atoms. The first-order valence-corrected chi connectivity index (χ1v) is 11.2. The summed E-state index contributed by atoms with van der Waals surface area (Å²) in [5.74, 6) is -0.854. The van der Waals surface area contributed by atoms with Crippen molar-refractivity contribution in [1.82, 2.24) is 9.58 Å². The van der Waals surface area contributed by atoms with Gasteiger partial charge in [-0.3, -0.25) is 10.2 Å². The second-order valence-electron chi connectivity index (χ2n) is 7.91. The molecule has 0 radical (unpaired) electrons. The van der Waals surface area contributed by atoms with E-state index in [1.54, 1.807) is 28.8 Å². The number of carbonyl (C=O) groups excluding carboxylic acids is 1. The minimum atomic E-state index is -0.491. The first kappa shape index (κ1) is 21.1. The summed E-state index contributed by atoms with van der Waals surface area (Å²) < 4.78 is 16.2. The first-order chi connectivity index (χ1) is 15.8. The van der Waals surface area contributed by atoms with Crippen molar-refractivity contribution in [2.24, 2.45) is 10.1 Å². The Morgan fingerprint density at radius 2 is 1.85 bits per heavy atom. The fraction of sp³-hybridized carbons (Fsp3) is 0.120. The van der Waals surface area contributed by atoms with Gasteiger partial charge in [0.2, 0.25) is 5.17 Å². The van der Waals surface area contributed by atoms with Gasteiger partial charge in [0.05, 0.1) is 11.3 Å². The van der Waals surface area contributed by atoms with Crippen molar-refractivity contribution in [1.29, 1.82) is 5.41 Å². The lowest BCUT2D eigenvalue weighted by Gasteiger charge is -2.20. The zero-order valence-corrected chi connectivity index (χ0v) is 19.1. The number of thioether (sulfide) groups is 1. The van der Waals surface area contributed by atoms with E-state index in [9.17, 15) is 9.18 Å². The van der Waals surface area contributed by atoms with Crippen LogP contribution in [0.1, 0.15) is 28.1 Å². The summed E-state index contributed by atoms with van der Waals surface area (Å²) in [4.78, 5) is 17.0. The number of amidine groups is 2. The summed E-state index contributed by atoms with van der Waals surface area (Å²) >= 11 is 1.27. The highest BCUT2D eigenvalue weighted by molar-refractivity contribution is 8.27. The maximum Gasteiger partial charge on any atom is 0.283 e. The third kappa shape index (κ3) is 3.62. The van der Waals surface area contributed by atoms with Crippen molar-refractivity contribution in [3.63, 3.8) is 0 Å². The van der Waals surface area contributed by atoms with E-state index in [1.165, 1.54) is 22.8 Å². The van der Waals surface area contributed by atoms with Gasteiger partial charge in [-0.15, -0.1) is 0 Å². The Hall–Kier alpha value is -3.78. The highest BCUT2D eigenvalue weighted by Gasteiger charge is 2.36. The van der Waals surface area contributed by atoms with Gasteiger partial charge in [0.1, 0.15) is 10.9 Å². The van der Waals surface area contributed by atoms with Crippen LogP contribution in [0.5, 0.6) is 0 Å². The van der Waals surface area contributed by atoms with Crippen molar-refractivity contribution >= 4 is 39.8 Å². The third-order valence-corrected chi connectivity index (χ3v) is 6.54. The molecule has 1 N–H and O–H groups in total. The van der Waals surface area contributed by atoms with Crippen molar-refractivity contribution in [2.45, 2.75) is 20.8 Å². The number of rotatable bonds is 3. The summed E-state index contributed by atoms with van der Waals surface area (Å²) in [6, 6.07) is 16.3. The van der Waals surface area contributed by atoms with Gasteiger partial charge in [0.25, 0.3) is 5.91 Å². The van der Waals surface area contributed by atoms with Crippen molar-refractivity contribution in [2.75, 3.05) is 0 Å². The number of para-hydroxylation sites is 1. The molecule has 5 rings (SSSR count). The lowest BCUT2D eigenvalue weighted by Crippen LogP contribution is -2.35. The predicted octanol–water partition coefficient (Wildman–Crippen LogP) is 5.21. The average Bonchev–Trinajstić information content (AvgIpc) is 3.32. The van der Waals surface area contributed by atoms with Gasteiger partial charge in [0.15, 0.2) is 5.84 Å². The Bertz CT molecular complexity index is 1430. The van der Waals surface area contributed by atoms with Crippen LogP contribution in [0.15, 0.2) is 70.3 Å². The third-order valence-electron chi connectivity index (χ3n) is 5.58. The van der Waals surface area contributed by atoms with Crippen LogP contribution >= 0.6 is 11.8 Å². The Kier molecular flexibility index (Phi) is 5.09. The van der Waals surface area contributed by atoms with Gasteiger partial charge < -0.3 is 4.57 Å². The van der Waals surface area contributed by atoms with Crippen LogP contribution in [0.4, 0.5) is 4.39 Å². The topological polar surface area (TPSA) is 73.8 Å². The predicted molar refractivity (Wildman–Crippen MR) is 130 cm³/mol. The number of amides is 1. The average molecular weight is 458 g/mol. The van der Waals surface area contributed by atoms with E-state index in [-0.39, 0.29) is 17.2 Å². The second kappa shape index (κ2) is 7.97. The van der Waals surface area contributed by atoms with Gasteiger partial charge in [-0.1, -0.05) is 35.9 Å². The van der Waals surface area contributed by atoms with Crippen LogP contribution in [0.25, 0.3) is 11.8 Å². The van der Waals surface area contributed by atoms with Crippen molar-refractivity contribution < 1.29 is 9.18 Å². The van der Waals surface area contributed by atoms with Crippen LogP contribution in [0, 0.1) is 32.0 Å². The number of hydrazone groups is 1. The molecule has 0 saturated heterocycles. The molecule has 0 fully saturated rings. The maximum atomic E-state index is 14.4. The van der Waals surface area contributed by atoms with E-state index < -0.39 is 5.91 Å². The maximum absolute atomic E-state index is 14.4. The molecule has 3 heterocycles. The number of nitrogens with zero attached hydrogens (tertiary/aromatic N) is 4. The number of benzene rings is 2. The Labute approximate surface area is 194 Å². The Morgan fingerprint density at radius 3 is 2.61 bits per heavy atom. The van der Waals surface area contributed by atoms with Gasteiger partial charge in [0, 0.05) is 17.0 Å². The standard InChI is InChI=1S/C25H20FN5OS/c1-14-7-6-8-17(11-14)24-29-31-22(27)19(23(32)28-25(31)33-24)13-18-12-15(2)30(16(18)3)21-10-5-4-9-20(21)26/h4-13,27H,1-3H3/b19-13+,27-22?. The zero-order chi connectivity index (χ0) is 23.3. The molecule has 0 aliphatic carbocycles. The second-order valence-corrected chi connectivity index (χ2v) is 8.86. The van der Waals surface area contributed by atoms with E-state index in [4.69, 9.17) is 5.41 Å². The molecule has 0 bridgehead atoms. The summed E-state index contributed by atoms with van der Waals surface area (Å²) in [7, 11) is 0. The number of nitrogens with one attached hydrogen (secondary N) is 1. The minimum absolute atomic E-state index is 0.0316. The number of hydrogen-bond donors (Lipinski definition) is 1. The van der Waals surface area contributed by atoms with Crippen LogP contribution in [-0.2, 0) is 4.79 Å². The highest BCUT2D eigenvalue weighted by Crippen LogP contribution is 2.32. The quantitative estimate of drug-likeness (QED) is 0.549. The number of aliphatic imine (C=N–C) groups is 1. The SMILES string of the molecule is Cc1cccc(C2=NN3C(=N)/C(=C\c4cc(C)n(-c5ccccc5F)c4C)C(=O)N=C3S2)c1. The van der Waals surface area contributed by atoms with Crippen LogP contribution < -0.4 is 0 Å². The van der Waals surface area contributed by atoms with E-state index in [0.717, 1.165) is 28.1 Å². The smallest absolute Gasteiger partial charge is 0.283 e. The van der Waals surface area contributed by atoms with Crippen LogP contribution in [0.2, 0.25) is 0 Å². The summed E-state index contributed by atoms with van der Waals surface area (Å²) in [6.07, 6.45) is 1.63. The summed E-state index contributed by atoms with van der Waals surface area (Å²) in [5, 5.41) is 15.6. The molecule has 164 valence electrons. The van der Waals surface area contributed by atoms with E-state index >= 15 is 0 Å².